The summed E-state index contributed by atoms with van der Waals surface area (Å²) in [5.74, 6) is 5.34. The molecular formula is C15H20BrFN4. The van der Waals surface area contributed by atoms with Crippen LogP contribution in [0.3, 0.4) is 0 Å². The molecule has 4 nitrogen and oxygen atoms in total. The van der Waals surface area contributed by atoms with Crippen LogP contribution in [0.1, 0.15) is 43.6 Å². The number of hydrazine groups is 1. The quantitative estimate of drug-likeness (QED) is 0.616. The molecule has 3 N–H and O–H groups in total. The van der Waals surface area contributed by atoms with Crippen molar-refractivity contribution in [3.05, 3.63) is 52.0 Å². The van der Waals surface area contributed by atoms with E-state index in [0.29, 0.717) is 16.9 Å². The van der Waals surface area contributed by atoms with Crippen LogP contribution in [0.5, 0.6) is 0 Å². The van der Waals surface area contributed by atoms with Crippen molar-refractivity contribution in [1.82, 2.24) is 15.2 Å². The van der Waals surface area contributed by atoms with Crippen LogP contribution in [0, 0.1) is 5.82 Å². The highest BCUT2D eigenvalue weighted by molar-refractivity contribution is 9.10. The molecule has 0 aliphatic heterocycles. The molecule has 6 heteroatoms. The first-order valence-electron chi connectivity index (χ1n) is 6.99. The van der Waals surface area contributed by atoms with Crippen molar-refractivity contribution in [2.45, 2.75) is 38.8 Å². The molecule has 0 aliphatic carbocycles. The fourth-order valence-corrected chi connectivity index (χ4v) is 2.66. The molecule has 1 heterocycles. The fraction of sp³-hybridized carbons (Fsp3) is 0.400. The minimum Gasteiger partial charge on any atom is -0.271 e. The van der Waals surface area contributed by atoms with Gasteiger partial charge in [-0.2, -0.15) is 5.10 Å². The van der Waals surface area contributed by atoms with Crippen molar-refractivity contribution < 1.29 is 4.39 Å². The summed E-state index contributed by atoms with van der Waals surface area (Å²) in [6, 6.07) is 6.93. The monoisotopic (exact) mass is 354 g/mol. The highest BCUT2D eigenvalue weighted by Gasteiger charge is 2.15. The van der Waals surface area contributed by atoms with Gasteiger partial charge in [-0.05, 0) is 43.2 Å². The Morgan fingerprint density at radius 1 is 1.43 bits per heavy atom. The smallest absolute Gasteiger partial charge is 0.124 e. The lowest BCUT2D eigenvalue weighted by Gasteiger charge is -2.16. The van der Waals surface area contributed by atoms with Gasteiger partial charge in [0.15, 0.2) is 0 Å². The van der Waals surface area contributed by atoms with Gasteiger partial charge in [-0.1, -0.05) is 22.9 Å². The van der Waals surface area contributed by atoms with Crippen molar-refractivity contribution in [1.29, 1.82) is 0 Å². The zero-order chi connectivity index (χ0) is 15.4. The van der Waals surface area contributed by atoms with Gasteiger partial charge in [-0.3, -0.25) is 16.0 Å². The van der Waals surface area contributed by atoms with Crippen LogP contribution in [0.4, 0.5) is 4.39 Å². The predicted molar refractivity (Wildman–Crippen MR) is 85.1 cm³/mol. The van der Waals surface area contributed by atoms with E-state index in [1.807, 2.05) is 23.0 Å². The Bertz CT molecular complexity index is 579. The largest absolute Gasteiger partial charge is 0.271 e. The number of halogens is 2. The lowest BCUT2D eigenvalue weighted by Crippen LogP contribution is -2.29. The van der Waals surface area contributed by atoms with Crippen molar-refractivity contribution in [2.24, 2.45) is 5.84 Å². The Morgan fingerprint density at radius 3 is 2.81 bits per heavy atom. The highest BCUT2D eigenvalue weighted by atomic mass is 79.9. The number of nitrogens with one attached hydrogen (secondary N) is 1. The summed E-state index contributed by atoms with van der Waals surface area (Å²) < 4.78 is 16.1. The average Bonchev–Trinajstić information content (AvgIpc) is 2.91. The van der Waals surface area contributed by atoms with Crippen LogP contribution in [-0.4, -0.2) is 9.78 Å². The first-order chi connectivity index (χ1) is 10.0. The van der Waals surface area contributed by atoms with E-state index in [4.69, 9.17) is 5.84 Å². The minimum atomic E-state index is -0.287. The molecule has 0 radical (unpaired) electrons. The standard InChI is InChI=1S/C15H20BrFN4/c1-3-10(2)21-5-4-14(20-21)9-15(19-18)11-6-12(16)8-13(17)7-11/h4-8,10,15,19H,3,9,18H2,1-2H3. The Balaban J connectivity index is 2.17. The fourth-order valence-electron chi connectivity index (χ4n) is 2.18. The van der Waals surface area contributed by atoms with E-state index in [2.05, 4.69) is 40.3 Å². The van der Waals surface area contributed by atoms with Crippen LogP contribution in [0.25, 0.3) is 0 Å². The van der Waals surface area contributed by atoms with E-state index in [-0.39, 0.29) is 11.9 Å². The van der Waals surface area contributed by atoms with E-state index in [0.717, 1.165) is 17.7 Å². The number of aromatic nitrogens is 2. The first-order valence-corrected chi connectivity index (χ1v) is 7.79. The second-order valence-corrected chi connectivity index (χ2v) is 6.09. The van der Waals surface area contributed by atoms with Crippen molar-refractivity contribution >= 4 is 15.9 Å². The maximum atomic E-state index is 13.5. The van der Waals surface area contributed by atoms with E-state index in [1.165, 1.54) is 12.1 Å². The van der Waals surface area contributed by atoms with Crippen molar-refractivity contribution in [3.8, 4) is 0 Å². The van der Waals surface area contributed by atoms with Gasteiger partial charge in [0.1, 0.15) is 5.82 Å². The number of nitrogens with two attached hydrogens (primary N) is 1. The zero-order valence-corrected chi connectivity index (χ0v) is 13.8. The zero-order valence-electron chi connectivity index (χ0n) is 12.2. The van der Waals surface area contributed by atoms with E-state index in [9.17, 15) is 4.39 Å². The molecule has 0 saturated carbocycles. The molecule has 114 valence electrons. The maximum absolute atomic E-state index is 13.5. The van der Waals surface area contributed by atoms with Crippen LogP contribution in [0.2, 0.25) is 0 Å². The number of hydrogen-bond donors (Lipinski definition) is 2. The molecule has 0 amide bonds. The van der Waals surface area contributed by atoms with Crippen molar-refractivity contribution in [3.63, 3.8) is 0 Å². The minimum absolute atomic E-state index is 0.183. The van der Waals surface area contributed by atoms with E-state index < -0.39 is 0 Å². The summed E-state index contributed by atoms with van der Waals surface area (Å²) >= 11 is 3.30. The van der Waals surface area contributed by atoms with Crippen LogP contribution >= 0.6 is 15.9 Å². The Kier molecular flexibility index (Phi) is 5.50. The molecule has 21 heavy (non-hydrogen) atoms. The lowest BCUT2D eigenvalue weighted by atomic mass is 10.0. The Labute approximate surface area is 132 Å². The molecule has 2 atom stereocenters. The van der Waals surface area contributed by atoms with Gasteiger partial charge in [0, 0.05) is 23.1 Å². The molecule has 2 unspecified atom stereocenters. The maximum Gasteiger partial charge on any atom is 0.124 e. The summed E-state index contributed by atoms with van der Waals surface area (Å²) in [6.07, 6.45) is 3.60. The number of nitrogens with zero attached hydrogens (tertiary/aromatic N) is 2. The van der Waals surface area contributed by atoms with Crippen LogP contribution < -0.4 is 11.3 Å². The van der Waals surface area contributed by atoms with E-state index >= 15 is 0 Å². The molecule has 1 aromatic carbocycles. The molecule has 0 aliphatic rings. The topological polar surface area (TPSA) is 55.9 Å². The van der Waals surface area contributed by atoms with Gasteiger partial charge in [0.2, 0.25) is 0 Å². The third kappa shape index (κ3) is 4.12. The van der Waals surface area contributed by atoms with Gasteiger partial charge in [-0.25, -0.2) is 4.39 Å². The summed E-state index contributed by atoms with van der Waals surface area (Å²) in [4.78, 5) is 0. The number of rotatable bonds is 6. The molecular weight excluding hydrogens is 335 g/mol. The van der Waals surface area contributed by atoms with Gasteiger partial charge >= 0.3 is 0 Å². The van der Waals surface area contributed by atoms with Gasteiger partial charge < -0.3 is 0 Å². The second-order valence-electron chi connectivity index (χ2n) is 5.17. The molecule has 2 aromatic rings. The summed E-state index contributed by atoms with van der Waals surface area (Å²) in [7, 11) is 0. The molecule has 0 saturated heterocycles. The Morgan fingerprint density at radius 2 is 2.19 bits per heavy atom. The van der Waals surface area contributed by atoms with Crippen LogP contribution in [-0.2, 0) is 6.42 Å². The van der Waals surface area contributed by atoms with Gasteiger partial charge in [0.05, 0.1) is 11.7 Å². The number of hydrogen-bond acceptors (Lipinski definition) is 3. The Hall–Kier alpha value is -1.24. The van der Waals surface area contributed by atoms with E-state index in [1.54, 1.807) is 0 Å². The highest BCUT2D eigenvalue weighted by Crippen LogP contribution is 2.23. The lowest BCUT2D eigenvalue weighted by molar-refractivity contribution is 0.466. The SMILES string of the molecule is CCC(C)n1ccc(CC(NN)c2cc(F)cc(Br)c2)n1. The summed E-state index contributed by atoms with van der Waals surface area (Å²) in [5, 5.41) is 4.55. The third-order valence-corrected chi connectivity index (χ3v) is 4.07. The molecule has 0 fully saturated rings. The predicted octanol–water partition coefficient (Wildman–Crippen LogP) is 3.50. The van der Waals surface area contributed by atoms with Gasteiger partial charge in [0.25, 0.3) is 0 Å². The number of benzene rings is 1. The summed E-state index contributed by atoms with van der Waals surface area (Å²) in [5.41, 5.74) is 4.46. The molecule has 1 aromatic heterocycles. The third-order valence-electron chi connectivity index (χ3n) is 3.61. The molecule has 0 spiro atoms. The van der Waals surface area contributed by atoms with Crippen LogP contribution in [0.15, 0.2) is 34.9 Å². The average molecular weight is 355 g/mol. The van der Waals surface area contributed by atoms with Gasteiger partial charge in [-0.15, -0.1) is 0 Å². The summed E-state index contributed by atoms with van der Waals surface area (Å²) in [6.45, 7) is 4.25. The van der Waals surface area contributed by atoms with Crippen molar-refractivity contribution in [2.75, 3.05) is 0 Å². The first kappa shape index (κ1) is 16.1. The molecule has 0 bridgehead atoms. The normalized spacial score (nSPS) is 14.1. The second kappa shape index (κ2) is 7.15. The molecule has 2 rings (SSSR count).